The van der Waals surface area contributed by atoms with Crippen LogP contribution in [0, 0.1) is 23.7 Å². The fraction of sp³-hybridized carbons (Fsp3) is 0.545. The van der Waals surface area contributed by atoms with E-state index in [0.29, 0.717) is 18.4 Å². The fourth-order valence-corrected chi connectivity index (χ4v) is 8.09. The molecule has 2 aromatic carbocycles. The molecule has 214 valence electrons. The smallest absolute Gasteiger partial charge is 0.233 e. The summed E-state index contributed by atoms with van der Waals surface area (Å²) in [5, 5.41) is 0.807. The summed E-state index contributed by atoms with van der Waals surface area (Å²) >= 11 is 7.84. The minimum absolute atomic E-state index is 0.0693. The Kier molecular flexibility index (Phi) is 8.13. The number of hydrogen-bond donors (Lipinski definition) is 1. The van der Waals surface area contributed by atoms with E-state index in [1.165, 1.54) is 35.9 Å². The maximum Gasteiger partial charge on any atom is 0.233 e. The standard InChI is InChI=1S/C33H41ClN2O3S/c1-21-6-4-8-30(38-3)27-12-9-24(27)18-36-19-33(15-5-7-23-16-25(34)10-13-28(23)33)20-39-31-14-11-26(17-29(31)36)40-35-32(37)22(21)2/h4,8,10-11,13-14,16-17,21-22,24,27,30H,5-7,9,12,15,18-20H2,1-3H3,(H,35,37)/b8-4+/t21?,22?,24?,27?,30?,33-/m0/s1. The van der Waals surface area contributed by atoms with Crippen molar-refractivity contribution in [3.8, 4) is 5.75 Å². The summed E-state index contributed by atoms with van der Waals surface area (Å²) in [6, 6.07) is 12.8. The molecular formula is C33H41ClN2O3S. The van der Waals surface area contributed by atoms with Crippen molar-refractivity contribution >= 4 is 35.1 Å². The first-order valence-corrected chi connectivity index (χ1v) is 16.0. The van der Waals surface area contributed by atoms with Crippen molar-refractivity contribution in [1.29, 1.82) is 0 Å². The lowest BCUT2D eigenvalue weighted by Crippen LogP contribution is -2.49. The molecule has 1 N–H and O–H groups in total. The number of aryl methyl sites for hydroxylation is 1. The molecule has 6 rings (SSSR count). The number of amides is 1. The molecule has 6 atom stereocenters. The molecule has 0 radical (unpaired) electrons. The molecule has 5 nitrogen and oxygen atoms in total. The van der Waals surface area contributed by atoms with Gasteiger partial charge in [0.1, 0.15) is 5.75 Å². The van der Waals surface area contributed by atoms with Crippen LogP contribution in [0.3, 0.4) is 0 Å². The van der Waals surface area contributed by atoms with Gasteiger partial charge in [-0.2, -0.15) is 0 Å². The number of fused-ring (bicyclic) bond motifs is 4. The van der Waals surface area contributed by atoms with Gasteiger partial charge in [-0.3, -0.25) is 9.52 Å². The number of anilines is 1. The van der Waals surface area contributed by atoms with E-state index < -0.39 is 0 Å². The third-order valence-corrected chi connectivity index (χ3v) is 11.0. The molecule has 2 aliphatic heterocycles. The Morgan fingerprint density at radius 2 is 2.05 bits per heavy atom. The van der Waals surface area contributed by atoms with Gasteiger partial charge in [0.15, 0.2) is 0 Å². The molecule has 2 heterocycles. The van der Waals surface area contributed by atoms with E-state index in [1.54, 1.807) is 0 Å². The summed E-state index contributed by atoms with van der Waals surface area (Å²) in [7, 11) is 1.83. The highest BCUT2D eigenvalue weighted by atomic mass is 35.5. The van der Waals surface area contributed by atoms with Crippen LogP contribution >= 0.6 is 23.5 Å². The van der Waals surface area contributed by atoms with Gasteiger partial charge >= 0.3 is 0 Å². The highest BCUT2D eigenvalue weighted by Gasteiger charge is 2.44. The number of rotatable bonds is 1. The summed E-state index contributed by atoms with van der Waals surface area (Å²) in [6.07, 6.45) is 11.1. The van der Waals surface area contributed by atoms with Crippen LogP contribution in [0.15, 0.2) is 53.4 Å². The average molecular weight is 581 g/mol. The molecule has 7 heteroatoms. The highest BCUT2D eigenvalue weighted by Crippen LogP contribution is 2.47. The molecule has 5 unspecified atom stereocenters. The van der Waals surface area contributed by atoms with Gasteiger partial charge in [-0.25, -0.2) is 0 Å². The van der Waals surface area contributed by atoms with Crippen LogP contribution in [-0.4, -0.2) is 38.8 Å². The van der Waals surface area contributed by atoms with Gasteiger partial charge in [-0.1, -0.05) is 43.7 Å². The molecule has 2 aromatic rings. The fourth-order valence-electron chi connectivity index (χ4n) is 7.18. The third kappa shape index (κ3) is 5.39. The van der Waals surface area contributed by atoms with Crippen LogP contribution in [0.25, 0.3) is 0 Å². The number of carbonyl (C=O) groups is 1. The van der Waals surface area contributed by atoms with Crippen molar-refractivity contribution in [3.63, 3.8) is 0 Å². The van der Waals surface area contributed by atoms with E-state index in [2.05, 4.69) is 59.0 Å². The van der Waals surface area contributed by atoms with Crippen LogP contribution in [0.4, 0.5) is 5.69 Å². The van der Waals surface area contributed by atoms with E-state index in [0.717, 1.165) is 60.1 Å². The predicted molar refractivity (Wildman–Crippen MR) is 163 cm³/mol. The third-order valence-electron chi connectivity index (χ3n) is 10.0. The maximum absolute atomic E-state index is 13.0. The topological polar surface area (TPSA) is 50.8 Å². The van der Waals surface area contributed by atoms with Gasteiger partial charge in [-0.15, -0.1) is 0 Å². The summed E-state index contributed by atoms with van der Waals surface area (Å²) < 4.78 is 15.8. The molecule has 2 aliphatic carbocycles. The van der Waals surface area contributed by atoms with Gasteiger partial charge in [0.2, 0.25) is 5.91 Å². The Hall–Kier alpha value is -2.15. The number of halogens is 1. The summed E-state index contributed by atoms with van der Waals surface area (Å²) in [4.78, 5) is 16.6. The number of hydrogen-bond acceptors (Lipinski definition) is 5. The molecule has 1 amide bonds. The molecular weight excluding hydrogens is 540 g/mol. The van der Waals surface area contributed by atoms with E-state index in [1.807, 2.05) is 20.1 Å². The number of methoxy groups -OCH3 is 1. The first-order chi connectivity index (χ1) is 19.4. The zero-order valence-corrected chi connectivity index (χ0v) is 25.4. The van der Waals surface area contributed by atoms with Crippen molar-refractivity contribution in [3.05, 3.63) is 64.7 Å². The monoisotopic (exact) mass is 580 g/mol. The SMILES string of the molecule is COC1/C=C/CC(C)C(C)C(=O)NSc2ccc3c(c2)N(CC2CCC21)C[C@@]1(CCCc2cc(Cl)ccc21)CO3. The Morgan fingerprint density at radius 3 is 2.85 bits per heavy atom. The van der Waals surface area contributed by atoms with Crippen LogP contribution in [0.1, 0.15) is 57.1 Å². The molecule has 2 bridgehead atoms. The molecule has 1 fully saturated rings. The largest absolute Gasteiger partial charge is 0.490 e. The second-order valence-corrected chi connectivity index (χ2v) is 13.7. The van der Waals surface area contributed by atoms with Crippen molar-refractivity contribution in [2.45, 2.75) is 68.8 Å². The van der Waals surface area contributed by atoms with E-state index in [9.17, 15) is 4.79 Å². The second-order valence-electron chi connectivity index (χ2n) is 12.4. The predicted octanol–water partition coefficient (Wildman–Crippen LogP) is 7.21. The Morgan fingerprint density at radius 1 is 1.18 bits per heavy atom. The lowest BCUT2D eigenvalue weighted by atomic mass is 9.68. The zero-order chi connectivity index (χ0) is 27.9. The van der Waals surface area contributed by atoms with Gasteiger partial charge in [0.25, 0.3) is 0 Å². The summed E-state index contributed by atoms with van der Waals surface area (Å²) in [5.41, 5.74) is 3.78. The van der Waals surface area contributed by atoms with E-state index >= 15 is 0 Å². The maximum atomic E-state index is 13.0. The quantitative estimate of drug-likeness (QED) is 0.285. The Labute approximate surface area is 248 Å². The minimum atomic E-state index is -0.0923. The minimum Gasteiger partial charge on any atom is -0.490 e. The highest BCUT2D eigenvalue weighted by molar-refractivity contribution is 7.98. The van der Waals surface area contributed by atoms with E-state index in [-0.39, 0.29) is 29.3 Å². The first-order valence-electron chi connectivity index (χ1n) is 14.8. The summed E-state index contributed by atoms with van der Waals surface area (Å²) in [5.74, 6) is 2.20. The van der Waals surface area contributed by atoms with E-state index in [4.69, 9.17) is 21.1 Å². The number of nitrogens with zero attached hydrogens (tertiary/aromatic N) is 1. The molecule has 0 aromatic heterocycles. The molecule has 4 aliphatic rings. The Balaban J connectivity index is 1.38. The van der Waals surface area contributed by atoms with Gasteiger partial charge in [0.05, 0.1) is 18.4 Å². The van der Waals surface area contributed by atoms with Crippen LogP contribution in [-0.2, 0) is 21.4 Å². The first kappa shape index (κ1) is 28.0. The number of nitrogens with one attached hydrogen (secondary N) is 1. The lowest BCUT2D eigenvalue weighted by Gasteiger charge is -2.46. The molecule has 40 heavy (non-hydrogen) atoms. The molecule has 1 spiro atoms. The lowest BCUT2D eigenvalue weighted by molar-refractivity contribution is -0.123. The molecule has 0 saturated heterocycles. The summed E-state index contributed by atoms with van der Waals surface area (Å²) in [6.45, 7) is 6.70. The number of allylic oxidation sites excluding steroid dienone is 1. The number of carbonyl (C=O) groups excluding carboxylic acids is 1. The van der Waals surface area contributed by atoms with Gasteiger partial charge in [0, 0.05) is 41.5 Å². The normalized spacial score (nSPS) is 33.0. The number of benzene rings is 2. The Bertz CT molecular complexity index is 1280. The zero-order valence-electron chi connectivity index (χ0n) is 23.8. The number of ether oxygens (including phenoxy) is 2. The second kappa shape index (κ2) is 11.6. The molecule has 1 saturated carbocycles. The van der Waals surface area contributed by atoms with Gasteiger partial charge in [-0.05, 0) is 110 Å². The van der Waals surface area contributed by atoms with Crippen LogP contribution < -0.4 is 14.4 Å². The van der Waals surface area contributed by atoms with Crippen LogP contribution in [0.5, 0.6) is 5.75 Å². The van der Waals surface area contributed by atoms with Crippen LogP contribution in [0.2, 0.25) is 5.02 Å². The van der Waals surface area contributed by atoms with Crippen molar-refractivity contribution in [2.24, 2.45) is 23.7 Å². The van der Waals surface area contributed by atoms with Crippen molar-refractivity contribution in [2.75, 3.05) is 31.7 Å². The van der Waals surface area contributed by atoms with Gasteiger partial charge < -0.3 is 14.4 Å². The van der Waals surface area contributed by atoms with Crippen molar-refractivity contribution in [1.82, 2.24) is 4.72 Å². The van der Waals surface area contributed by atoms with Crippen molar-refractivity contribution < 1.29 is 14.3 Å². The average Bonchev–Trinajstić information content (AvgIpc) is 3.09.